The fraction of sp³-hybridized carbons (Fsp3) is 0.125. The van der Waals surface area contributed by atoms with Gasteiger partial charge in [0.25, 0.3) is 0 Å². The lowest BCUT2D eigenvalue weighted by atomic mass is 10.00. The number of allylic oxidation sites excluding steroid dienone is 1. The average molecular weight is 333 g/mol. The van der Waals surface area contributed by atoms with E-state index in [1.165, 1.54) is 18.2 Å². The van der Waals surface area contributed by atoms with E-state index in [9.17, 15) is 22.0 Å². The van der Waals surface area contributed by atoms with Gasteiger partial charge in [-0.3, -0.25) is 0 Å². The van der Waals surface area contributed by atoms with Crippen LogP contribution in [0.5, 0.6) is 0 Å². The first-order chi connectivity index (χ1) is 10.3. The standard InChI is InChI=1S/C16H10ClF5/c17-9-11(13-6-5-12(18)8-15(13)19)7-10-3-1-2-4-14(10)16(20,21)22/h1-8H,9H2/b11-7+. The van der Waals surface area contributed by atoms with Crippen LogP contribution in [-0.2, 0) is 6.18 Å². The molecule has 0 radical (unpaired) electrons. The van der Waals surface area contributed by atoms with Crippen LogP contribution in [0.2, 0.25) is 0 Å². The molecular weight excluding hydrogens is 323 g/mol. The monoisotopic (exact) mass is 332 g/mol. The molecule has 116 valence electrons. The van der Waals surface area contributed by atoms with Gasteiger partial charge in [0.15, 0.2) is 0 Å². The quantitative estimate of drug-likeness (QED) is 0.380. The van der Waals surface area contributed by atoms with Crippen molar-refractivity contribution in [3.8, 4) is 0 Å². The van der Waals surface area contributed by atoms with E-state index >= 15 is 0 Å². The number of hydrogen-bond donors (Lipinski definition) is 0. The minimum absolute atomic E-state index is 0.0339. The van der Waals surface area contributed by atoms with Crippen molar-refractivity contribution in [1.82, 2.24) is 0 Å². The highest BCUT2D eigenvalue weighted by Crippen LogP contribution is 2.34. The van der Waals surface area contributed by atoms with E-state index in [-0.39, 0.29) is 22.6 Å². The van der Waals surface area contributed by atoms with Crippen LogP contribution in [0.4, 0.5) is 22.0 Å². The van der Waals surface area contributed by atoms with Crippen LogP contribution in [0, 0.1) is 11.6 Å². The van der Waals surface area contributed by atoms with Crippen LogP contribution >= 0.6 is 11.6 Å². The Kier molecular flexibility index (Phi) is 4.86. The second-order valence-electron chi connectivity index (χ2n) is 4.51. The molecule has 2 aromatic rings. The van der Waals surface area contributed by atoms with Crippen molar-refractivity contribution >= 4 is 23.3 Å². The maximum atomic E-state index is 13.8. The Morgan fingerprint density at radius 1 is 1.05 bits per heavy atom. The normalized spacial score (nSPS) is 12.5. The summed E-state index contributed by atoms with van der Waals surface area (Å²) >= 11 is 5.72. The smallest absolute Gasteiger partial charge is 0.207 e. The molecule has 0 aliphatic rings. The first-order valence-corrected chi connectivity index (χ1v) is 6.74. The van der Waals surface area contributed by atoms with E-state index in [1.54, 1.807) is 0 Å². The molecule has 0 amide bonds. The SMILES string of the molecule is Fc1ccc(/C(=C/c2ccccc2C(F)(F)F)CCl)c(F)c1. The van der Waals surface area contributed by atoms with Crippen LogP contribution in [0.25, 0.3) is 11.6 Å². The summed E-state index contributed by atoms with van der Waals surface area (Å²) in [6.07, 6.45) is -3.38. The molecule has 0 heterocycles. The molecule has 2 aromatic carbocycles. The third-order valence-corrected chi connectivity index (χ3v) is 3.30. The number of rotatable bonds is 3. The first kappa shape index (κ1) is 16.5. The summed E-state index contributed by atoms with van der Waals surface area (Å²) < 4.78 is 65.5. The summed E-state index contributed by atoms with van der Waals surface area (Å²) in [4.78, 5) is 0. The summed E-state index contributed by atoms with van der Waals surface area (Å²) in [6.45, 7) is 0. The summed E-state index contributed by atoms with van der Waals surface area (Å²) in [5.41, 5.74) is -0.876. The van der Waals surface area contributed by atoms with Crippen LogP contribution in [0.15, 0.2) is 42.5 Å². The van der Waals surface area contributed by atoms with E-state index in [0.29, 0.717) is 6.07 Å². The minimum Gasteiger partial charge on any atom is -0.207 e. The molecule has 0 spiro atoms. The predicted octanol–water partition coefficient (Wildman–Crippen LogP) is 5.76. The average Bonchev–Trinajstić information content (AvgIpc) is 2.45. The van der Waals surface area contributed by atoms with Gasteiger partial charge in [-0.25, -0.2) is 8.78 Å². The minimum atomic E-state index is -4.54. The van der Waals surface area contributed by atoms with Gasteiger partial charge in [0, 0.05) is 17.5 Å². The highest BCUT2D eigenvalue weighted by atomic mass is 35.5. The van der Waals surface area contributed by atoms with Crippen molar-refractivity contribution in [3.05, 3.63) is 70.8 Å². The van der Waals surface area contributed by atoms with E-state index in [1.807, 2.05) is 0 Å². The molecular formula is C16H10ClF5. The second kappa shape index (κ2) is 6.48. The third-order valence-electron chi connectivity index (χ3n) is 3.02. The van der Waals surface area contributed by atoms with Gasteiger partial charge in [-0.15, -0.1) is 11.6 Å². The Balaban J connectivity index is 2.55. The largest absolute Gasteiger partial charge is 0.416 e. The summed E-state index contributed by atoms with van der Waals surface area (Å²) in [5.74, 6) is -1.86. The molecule has 0 N–H and O–H groups in total. The van der Waals surface area contributed by atoms with E-state index in [2.05, 4.69) is 0 Å². The maximum absolute atomic E-state index is 13.8. The van der Waals surface area contributed by atoms with Gasteiger partial charge in [-0.2, -0.15) is 13.2 Å². The molecule has 0 saturated heterocycles. The highest BCUT2D eigenvalue weighted by molar-refractivity contribution is 6.24. The molecule has 0 atom stereocenters. The number of benzene rings is 2. The van der Waals surface area contributed by atoms with E-state index in [4.69, 9.17) is 11.6 Å². The molecule has 0 nitrogen and oxygen atoms in total. The van der Waals surface area contributed by atoms with Gasteiger partial charge in [0.1, 0.15) is 11.6 Å². The van der Waals surface area contributed by atoms with Crippen molar-refractivity contribution in [2.75, 3.05) is 5.88 Å². The van der Waals surface area contributed by atoms with Gasteiger partial charge < -0.3 is 0 Å². The molecule has 0 fully saturated rings. The Morgan fingerprint density at radius 3 is 2.32 bits per heavy atom. The fourth-order valence-electron chi connectivity index (χ4n) is 2.01. The molecule has 22 heavy (non-hydrogen) atoms. The zero-order valence-electron chi connectivity index (χ0n) is 11.1. The summed E-state index contributed by atoms with van der Waals surface area (Å²) in [5, 5.41) is 0. The van der Waals surface area contributed by atoms with Gasteiger partial charge in [0.2, 0.25) is 0 Å². The zero-order chi connectivity index (χ0) is 16.3. The number of hydrogen-bond acceptors (Lipinski definition) is 0. The van der Waals surface area contributed by atoms with E-state index in [0.717, 1.165) is 24.3 Å². The maximum Gasteiger partial charge on any atom is 0.416 e. The Bertz CT molecular complexity index is 704. The van der Waals surface area contributed by atoms with Crippen molar-refractivity contribution in [2.24, 2.45) is 0 Å². The summed E-state index contributed by atoms with van der Waals surface area (Å²) in [6, 6.07) is 7.72. The van der Waals surface area contributed by atoms with Gasteiger partial charge in [-0.05, 0) is 35.4 Å². The van der Waals surface area contributed by atoms with Crippen molar-refractivity contribution in [2.45, 2.75) is 6.18 Å². The molecule has 0 aromatic heterocycles. The lowest BCUT2D eigenvalue weighted by Gasteiger charge is -2.12. The van der Waals surface area contributed by atoms with Gasteiger partial charge in [0.05, 0.1) is 5.56 Å². The lowest BCUT2D eigenvalue weighted by molar-refractivity contribution is -0.137. The molecule has 0 bridgehead atoms. The topological polar surface area (TPSA) is 0 Å². The van der Waals surface area contributed by atoms with Gasteiger partial charge in [-0.1, -0.05) is 18.2 Å². The van der Waals surface area contributed by atoms with Crippen LogP contribution in [0.3, 0.4) is 0 Å². The van der Waals surface area contributed by atoms with Crippen molar-refractivity contribution in [3.63, 3.8) is 0 Å². The second-order valence-corrected chi connectivity index (χ2v) is 4.78. The van der Waals surface area contributed by atoms with Crippen LogP contribution in [0.1, 0.15) is 16.7 Å². The molecule has 6 heteroatoms. The van der Waals surface area contributed by atoms with E-state index < -0.39 is 23.4 Å². The fourth-order valence-corrected chi connectivity index (χ4v) is 2.23. The molecule has 0 aliphatic carbocycles. The first-order valence-electron chi connectivity index (χ1n) is 6.21. The zero-order valence-corrected chi connectivity index (χ0v) is 11.8. The predicted molar refractivity (Wildman–Crippen MR) is 76.4 cm³/mol. The Hall–Kier alpha value is -1.88. The Labute approximate surface area is 128 Å². The summed E-state index contributed by atoms with van der Waals surface area (Å²) in [7, 11) is 0. The highest BCUT2D eigenvalue weighted by Gasteiger charge is 2.32. The number of alkyl halides is 4. The van der Waals surface area contributed by atoms with Crippen molar-refractivity contribution < 1.29 is 22.0 Å². The molecule has 0 saturated carbocycles. The van der Waals surface area contributed by atoms with Crippen LogP contribution < -0.4 is 0 Å². The Morgan fingerprint density at radius 2 is 1.73 bits per heavy atom. The van der Waals surface area contributed by atoms with Gasteiger partial charge >= 0.3 is 6.18 Å². The third kappa shape index (κ3) is 3.65. The van der Waals surface area contributed by atoms with Crippen LogP contribution in [-0.4, -0.2) is 5.88 Å². The lowest BCUT2D eigenvalue weighted by Crippen LogP contribution is -2.07. The molecule has 0 unspecified atom stereocenters. The molecule has 0 aliphatic heterocycles. The van der Waals surface area contributed by atoms with Crippen molar-refractivity contribution in [1.29, 1.82) is 0 Å². The molecule has 2 rings (SSSR count). The number of halogens is 6.